The van der Waals surface area contributed by atoms with E-state index in [2.05, 4.69) is 0 Å². The Kier molecular flexibility index (Phi) is 5.92. The van der Waals surface area contributed by atoms with Crippen LogP contribution in [-0.2, 0) is 4.74 Å². The van der Waals surface area contributed by atoms with Crippen LogP contribution < -0.4 is 0 Å². The summed E-state index contributed by atoms with van der Waals surface area (Å²) in [7, 11) is 0. The van der Waals surface area contributed by atoms with E-state index in [9.17, 15) is 9.90 Å². The van der Waals surface area contributed by atoms with Gasteiger partial charge in [0, 0.05) is 0 Å². The number of hydrogen-bond donors (Lipinski definition) is 1. The molecule has 0 aliphatic rings. The topological polar surface area (TPSA) is 46.5 Å². The van der Waals surface area contributed by atoms with Crippen molar-refractivity contribution in [3.63, 3.8) is 0 Å². The first-order valence-corrected chi connectivity index (χ1v) is 7.37. The summed E-state index contributed by atoms with van der Waals surface area (Å²) in [5.41, 5.74) is 2.43. The zero-order chi connectivity index (χ0) is 15.8. The minimum atomic E-state index is -0.503. The normalized spacial score (nSPS) is 12.3. The minimum Gasteiger partial charge on any atom is -0.462 e. The van der Waals surface area contributed by atoms with Crippen LogP contribution in [0.5, 0.6) is 0 Å². The van der Waals surface area contributed by atoms with Gasteiger partial charge in [0.25, 0.3) is 0 Å². The van der Waals surface area contributed by atoms with Crippen molar-refractivity contribution in [2.75, 3.05) is 6.61 Å². The van der Waals surface area contributed by atoms with E-state index >= 15 is 0 Å². The van der Waals surface area contributed by atoms with Crippen LogP contribution in [0.2, 0.25) is 0 Å². The van der Waals surface area contributed by atoms with Crippen LogP contribution in [-0.4, -0.2) is 17.7 Å². The third kappa shape index (κ3) is 4.57. The largest absolute Gasteiger partial charge is 0.462 e. The molecule has 0 heterocycles. The van der Waals surface area contributed by atoms with Crippen molar-refractivity contribution in [2.45, 2.75) is 19.4 Å². The van der Waals surface area contributed by atoms with Crippen LogP contribution >= 0.6 is 0 Å². The van der Waals surface area contributed by atoms with E-state index in [4.69, 9.17) is 4.74 Å². The summed E-state index contributed by atoms with van der Waals surface area (Å²) in [5, 5.41) is 10.1. The second-order valence-electron chi connectivity index (χ2n) is 4.91. The fourth-order valence-electron chi connectivity index (χ4n) is 2.09. The van der Waals surface area contributed by atoms with Crippen molar-refractivity contribution >= 4 is 12.0 Å². The van der Waals surface area contributed by atoms with E-state index in [-0.39, 0.29) is 5.97 Å². The molecule has 2 rings (SSSR count). The predicted molar refractivity (Wildman–Crippen MR) is 87.5 cm³/mol. The third-order valence-electron chi connectivity index (χ3n) is 3.28. The van der Waals surface area contributed by atoms with Crippen molar-refractivity contribution in [2.24, 2.45) is 0 Å². The molecule has 0 fully saturated rings. The number of hydrogen-bond acceptors (Lipinski definition) is 3. The van der Waals surface area contributed by atoms with Crippen LogP contribution in [0.25, 0.3) is 6.08 Å². The lowest BCUT2D eigenvalue weighted by molar-refractivity contribution is 0.0526. The number of benzene rings is 2. The first-order valence-electron chi connectivity index (χ1n) is 7.37. The second-order valence-corrected chi connectivity index (χ2v) is 4.91. The van der Waals surface area contributed by atoms with Crippen molar-refractivity contribution < 1.29 is 14.6 Å². The number of carbonyl (C=O) groups is 1. The standard InChI is InChI=1S/C19H20O3/c1-2-22-19(21)17-13-11-15(12-14-17)7-6-10-18(20)16-8-4-3-5-9-16/h3-9,11-14,18,20H,2,10H2,1H3/b7-6-. The molecule has 0 saturated heterocycles. The molecule has 0 amide bonds. The summed E-state index contributed by atoms with van der Waals surface area (Å²) in [6.07, 6.45) is 3.90. The Morgan fingerprint density at radius 1 is 1.14 bits per heavy atom. The number of carbonyl (C=O) groups excluding carboxylic acids is 1. The SMILES string of the molecule is CCOC(=O)c1ccc(/C=C\CC(O)c2ccccc2)cc1. The molecule has 0 aliphatic carbocycles. The number of aliphatic hydroxyl groups excluding tert-OH is 1. The van der Waals surface area contributed by atoms with Gasteiger partial charge in [-0.2, -0.15) is 0 Å². The molecule has 1 unspecified atom stereocenters. The summed E-state index contributed by atoms with van der Waals surface area (Å²) in [6.45, 7) is 2.16. The van der Waals surface area contributed by atoms with E-state index in [1.807, 2.05) is 54.6 Å². The Bertz CT molecular complexity index is 615. The average Bonchev–Trinajstić information content (AvgIpc) is 2.56. The summed E-state index contributed by atoms with van der Waals surface area (Å²) in [4.78, 5) is 11.5. The van der Waals surface area contributed by atoms with E-state index in [0.717, 1.165) is 11.1 Å². The van der Waals surface area contributed by atoms with Gasteiger partial charge in [-0.3, -0.25) is 0 Å². The molecule has 0 radical (unpaired) electrons. The van der Waals surface area contributed by atoms with Gasteiger partial charge in [0.05, 0.1) is 18.3 Å². The lowest BCUT2D eigenvalue weighted by Crippen LogP contribution is -2.03. The quantitative estimate of drug-likeness (QED) is 0.820. The molecule has 3 nitrogen and oxygen atoms in total. The highest BCUT2D eigenvalue weighted by molar-refractivity contribution is 5.89. The summed E-state index contributed by atoms with van der Waals surface area (Å²) in [6, 6.07) is 16.8. The van der Waals surface area contributed by atoms with Gasteiger partial charge in [-0.25, -0.2) is 4.79 Å². The Balaban J connectivity index is 1.92. The van der Waals surface area contributed by atoms with Gasteiger partial charge < -0.3 is 9.84 Å². The molecule has 22 heavy (non-hydrogen) atoms. The van der Waals surface area contributed by atoms with Gasteiger partial charge in [0.2, 0.25) is 0 Å². The van der Waals surface area contributed by atoms with E-state index in [1.165, 1.54) is 0 Å². The Labute approximate surface area is 130 Å². The Hall–Kier alpha value is -2.39. The molecule has 114 valence electrons. The summed E-state index contributed by atoms with van der Waals surface area (Å²) < 4.78 is 4.94. The van der Waals surface area contributed by atoms with Gasteiger partial charge in [0.15, 0.2) is 0 Å². The van der Waals surface area contributed by atoms with Gasteiger partial charge >= 0.3 is 5.97 Å². The first-order chi connectivity index (χ1) is 10.7. The number of esters is 1. The second kappa shape index (κ2) is 8.15. The van der Waals surface area contributed by atoms with Crippen molar-refractivity contribution in [3.05, 3.63) is 77.4 Å². The van der Waals surface area contributed by atoms with Crippen LogP contribution in [0, 0.1) is 0 Å². The molecule has 0 spiro atoms. The number of ether oxygens (including phenoxy) is 1. The maximum atomic E-state index is 11.5. The molecule has 1 N–H and O–H groups in total. The van der Waals surface area contributed by atoms with Crippen molar-refractivity contribution in [1.82, 2.24) is 0 Å². The predicted octanol–water partition coefficient (Wildman–Crippen LogP) is 4.00. The monoisotopic (exact) mass is 296 g/mol. The maximum Gasteiger partial charge on any atom is 0.338 e. The molecule has 0 bridgehead atoms. The van der Waals surface area contributed by atoms with Gasteiger partial charge in [0.1, 0.15) is 0 Å². The molecule has 0 saturated carbocycles. The zero-order valence-corrected chi connectivity index (χ0v) is 12.6. The molecule has 0 aliphatic heterocycles. The van der Waals surface area contributed by atoms with Crippen molar-refractivity contribution in [1.29, 1.82) is 0 Å². The number of rotatable bonds is 6. The minimum absolute atomic E-state index is 0.308. The molecule has 3 heteroatoms. The average molecular weight is 296 g/mol. The molecule has 1 atom stereocenters. The smallest absolute Gasteiger partial charge is 0.338 e. The molecular weight excluding hydrogens is 276 g/mol. The number of aliphatic hydroxyl groups is 1. The fraction of sp³-hybridized carbons (Fsp3) is 0.211. The van der Waals surface area contributed by atoms with Crippen LogP contribution in [0.4, 0.5) is 0 Å². The Morgan fingerprint density at radius 3 is 2.45 bits per heavy atom. The first kappa shape index (κ1) is 16.0. The van der Waals surface area contributed by atoms with Crippen molar-refractivity contribution in [3.8, 4) is 0 Å². The zero-order valence-electron chi connectivity index (χ0n) is 12.6. The molecule has 0 aromatic heterocycles. The highest BCUT2D eigenvalue weighted by atomic mass is 16.5. The molecular formula is C19H20O3. The summed E-state index contributed by atoms with van der Waals surface area (Å²) >= 11 is 0. The van der Waals surface area contributed by atoms with Crippen LogP contribution in [0.1, 0.15) is 40.9 Å². The highest BCUT2D eigenvalue weighted by Gasteiger charge is 2.05. The highest BCUT2D eigenvalue weighted by Crippen LogP contribution is 2.17. The lowest BCUT2D eigenvalue weighted by atomic mass is 10.1. The third-order valence-corrected chi connectivity index (χ3v) is 3.28. The van der Waals surface area contributed by atoms with E-state index in [1.54, 1.807) is 19.1 Å². The van der Waals surface area contributed by atoms with Gasteiger partial charge in [-0.05, 0) is 36.6 Å². The van der Waals surface area contributed by atoms with Gasteiger partial charge in [-0.1, -0.05) is 54.6 Å². The fourth-order valence-corrected chi connectivity index (χ4v) is 2.09. The van der Waals surface area contributed by atoms with Crippen LogP contribution in [0.3, 0.4) is 0 Å². The maximum absolute atomic E-state index is 11.5. The summed E-state index contributed by atoms with van der Waals surface area (Å²) in [5.74, 6) is -0.308. The Morgan fingerprint density at radius 2 is 1.82 bits per heavy atom. The van der Waals surface area contributed by atoms with E-state index < -0.39 is 6.10 Å². The van der Waals surface area contributed by atoms with E-state index in [0.29, 0.717) is 18.6 Å². The van der Waals surface area contributed by atoms with Crippen LogP contribution in [0.15, 0.2) is 60.7 Å². The van der Waals surface area contributed by atoms with Gasteiger partial charge in [-0.15, -0.1) is 0 Å². The molecule has 2 aromatic carbocycles. The lowest BCUT2D eigenvalue weighted by Gasteiger charge is -2.07. The molecule has 2 aromatic rings.